The van der Waals surface area contributed by atoms with Gasteiger partial charge in [-0.05, 0) is 47.1 Å². The number of anilines is 1. The van der Waals surface area contributed by atoms with E-state index < -0.39 is 0 Å². The summed E-state index contributed by atoms with van der Waals surface area (Å²) < 4.78 is 2.91. The van der Waals surface area contributed by atoms with E-state index in [1.807, 2.05) is 18.2 Å². The zero-order valence-corrected chi connectivity index (χ0v) is 13.2. The van der Waals surface area contributed by atoms with Gasteiger partial charge in [0.2, 0.25) is 0 Å². The Kier molecular flexibility index (Phi) is 3.84. The third kappa shape index (κ3) is 2.76. The van der Waals surface area contributed by atoms with Crippen molar-refractivity contribution in [2.75, 3.05) is 5.32 Å². The molecule has 0 fully saturated rings. The Balaban J connectivity index is 1.88. The number of aromatic nitrogens is 3. The molecule has 0 spiro atoms. The minimum atomic E-state index is 0.232. The summed E-state index contributed by atoms with van der Waals surface area (Å²) >= 11 is 5.24. The van der Waals surface area contributed by atoms with Gasteiger partial charge in [0, 0.05) is 4.88 Å². The summed E-state index contributed by atoms with van der Waals surface area (Å²) in [6, 6.07) is 12.5. The predicted octanol–water partition coefficient (Wildman–Crippen LogP) is 4.26. The second kappa shape index (κ2) is 5.76. The Labute approximate surface area is 129 Å². The van der Waals surface area contributed by atoms with Crippen LogP contribution in [0.4, 0.5) is 5.69 Å². The van der Waals surface area contributed by atoms with Crippen molar-refractivity contribution in [3.05, 3.63) is 57.7 Å². The number of nitrogens with one attached hydrogen (secondary N) is 1. The lowest BCUT2D eigenvalue weighted by Gasteiger charge is -2.16. The van der Waals surface area contributed by atoms with Crippen LogP contribution >= 0.6 is 27.3 Å². The molecule has 0 aliphatic carbocycles. The maximum atomic E-state index is 4.19. The third-order valence-electron chi connectivity index (χ3n) is 2.96. The molecule has 1 unspecified atom stereocenters. The SMILES string of the molecule is CC(Nc1ccccc1-n1cncn1)c1ccc(Br)s1. The zero-order chi connectivity index (χ0) is 13.9. The molecule has 0 radical (unpaired) electrons. The number of benzene rings is 1. The van der Waals surface area contributed by atoms with E-state index in [1.165, 1.54) is 11.2 Å². The fourth-order valence-corrected chi connectivity index (χ4v) is 3.42. The summed E-state index contributed by atoms with van der Waals surface area (Å²) in [5, 5.41) is 7.72. The first-order valence-corrected chi connectivity index (χ1v) is 7.81. The second-order valence-electron chi connectivity index (χ2n) is 4.37. The van der Waals surface area contributed by atoms with Crippen LogP contribution in [-0.4, -0.2) is 14.8 Å². The Bertz CT molecular complexity index is 693. The van der Waals surface area contributed by atoms with Crippen LogP contribution in [0.5, 0.6) is 0 Å². The molecule has 0 aliphatic rings. The lowest BCUT2D eigenvalue weighted by Crippen LogP contribution is -2.08. The van der Waals surface area contributed by atoms with Gasteiger partial charge in [0.15, 0.2) is 0 Å². The van der Waals surface area contributed by atoms with Gasteiger partial charge in [-0.25, -0.2) is 9.67 Å². The molecule has 3 aromatic rings. The molecule has 0 saturated heterocycles. The first-order chi connectivity index (χ1) is 9.74. The number of hydrogen-bond donors (Lipinski definition) is 1. The van der Waals surface area contributed by atoms with Crippen LogP contribution in [0.2, 0.25) is 0 Å². The van der Waals surface area contributed by atoms with Gasteiger partial charge < -0.3 is 5.32 Å². The first kappa shape index (κ1) is 13.3. The van der Waals surface area contributed by atoms with Gasteiger partial charge in [-0.3, -0.25) is 0 Å². The highest BCUT2D eigenvalue weighted by Crippen LogP contribution is 2.30. The van der Waals surface area contributed by atoms with Gasteiger partial charge >= 0.3 is 0 Å². The summed E-state index contributed by atoms with van der Waals surface area (Å²) in [7, 11) is 0. The Morgan fingerprint density at radius 1 is 1.25 bits per heavy atom. The van der Waals surface area contributed by atoms with E-state index in [1.54, 1.807) is 22.3 Å². The molecule has 2 heterocycles. The maximum absolute atomic E-state index is 4.19. The molecule has 1 atom stereocenters. The van der Waals surface area contributed by atoms with Crippen molar-refractivity contribution in [2.45, 2.75) is 13.0 Å². The summed E-state index contributed by atoms with van der Waals surface area (Å²) in [5.41, 5.74) is 2.03. The maximum Gasteiger partial charge on any atom is 0.138 e. The molecule has 6 heteroatoms. The van der Waals surface area contributed by atoms with Crippen molar-refractivity contribution in [3.63, 3.8) is 0 Å². The van der Waals surface area contributed by atoms with Crippen molar-refractivity contribution in [1.29, 1.82) is 0 Å². The molecule has 20 heavy (non-hydrogen) atoms. The Morgan fingerprint density at radius 2 is 2.10 bits per heavy atom. The van der Waals surface area contributed by atoms with Crippen LogP contribution in [0.25, 0.3) is 5.69 Å². The highest BCUT2D eigenvalue weighted by atomic mass is 79.9. The monoisotopic (exact) mass is 348 g/mol. The predicted molar refractivity (Wildman–Crippen MR) is 85.4 cm³/mol. The van der Waals surface area contributed by atoms with Crippen LogP contribution in [-0.2, 0) is 0 Å². The average molecular weight is 349 g/mol. The number of para-hydroxylation sites is 2. The van der Waals surface area contributed by atoms with E-state index in [9.17, 15) is 0 Å². The average Bonchev–Trinajstić information content (AvgIpc) is 3.10. The van der Waals surface area contributed by atoms with Crippen molar-refractivity contribution in [1.82, 2.24) is 14.8 Å². The summed E-state index contributed by atoms with van der Waals surface area (Å²) in [5.74, 6) is 0. The van der Waals surface area contributed by atoms with Crippen molar-refractivity contribution >= 4 is 33.0 Å². The first-order valence-electron chi connectivity index (χ1n) is 6.20. The number of hydrogen-bond acceptors (Lipinski definition) is 4. The van der Waals surface area contributed by atoms with Crippen molar-refractivity contribution < 1.29 is 0 Å². The summed E-state index contributed by atoms with van der Waals surface area (Å²) in [4.78, 5) is 5.28. The minimum absolute atomic E-state index is 0.232. The molecule has 1 aromatic carbocycles. The molecule has 0 aliphatic heterocycles. The van der Waals surface area contributed by atoms with Crippen LogP contribution in [0.15, 0.2) is 52.8 Å². The number of nitrogens with zero attached hydrogens (tertiary/aromatic N) is 3. The standard InChI is InChI=1S/C14H13BrN4S/c1-10(13-6-7-14(15)20-13)18-11-4-2-3-5-12(11)19-9-16-8-17-19/h2-10,18H,1H3. The van der Waals surface area contributed by atoms with E-state index in [4.69, 9.17) is 0 Å². The minimum Gasteiger partial charge on any atom is -0.376 e. The van der Waals surface area contributed by atoms with E-state index in [0.717, 1.165) is 15.2 Å². The molecule has 0 amide bonds. The summed E-state index contributed by atoms with van der Waals surface area (Å²) in [6.45, 7) is 2.15. The van der Waals surface area contributed by atoms with E-state index in [0.29, 0.717) is 0 Å². The van der Waals surface area contributed by atoms with E-state index in [-0.39, 0.29) is 6.04 Å². The van der Waals surface area contributed by atoms with Crippen LogP contribution in [0, 0.1) is 0 Å². The van der Waals surface area contributed by atoms with Gasteiger partial charge in [0.25, 0.3) is 0 Å². The molecule has 3 rings (SSSR count). The fourth-order valence-electron chi connectivity index (χ4n) is 1.99. The fraction of sp³-hybridized carbons (Fsp3) is 0.143. The Morgan fingerprint density at radius 3 is 2.80 bits per heavy atom. The highest BCUT2D eigenvalue weighted by Gasteiger charge is 2.11. The number of thiophene rings is 1. The van der Waals surface area contributed by atoms with Crippen molar-refractivity contribution in [3.8, 4) is 5.69 Å². The zero-order valence-electron chi connectivity index (χ0n) is 10.8. The third-order valence-corrected chi connectivity index (χ3v) is 4.77. The van der Waals surface area contributed by atoms with Crippen LogP contribution in [0.1, 0.15) is 17.8 Å². The molecule has 4 nitrogen and oxygen atoms in total. The lowest BCUT2D eigenvalue weighted by atomic mass is 10.2. The van der Waals surface area contributed by atoms with Crippen molar-refractivity contribution in [2.24, 2.45) is 0 Å². The number of halogens is 1. The second-order valence-corrected chi connectivity index (χ2v) is 6.86. The van der Waals surface area contributed by atoms with Gasteiger partial charge in [-0.1, -0.05) is 12.1 Å². The molecule has 2 aromatic heterocycles. The molecule has 0 bridgehead atoms. The molecular weight excluding hydrogens is 336 g/mol. The van der Waals surface area contributed by atoms with Gasteiger partial charge in [-0.2, -0.15) is 5.10 Å². The highest BCUT2D eigenvalue weighted by molar-refractivity contribution is 9.11. The topological polar surface area (TPSA) is 42.7 Å². The largest absolute Gasteiger partial charge is 0.376 e. The molecule has 102 valence electrons. The normalized spacial score (nSPS) is 12.3. The van der Waals surface area contributed by atoms with Crippen LogP contribution < -0.4 is 5.32 Å². The van der Waals surface area contributed by atoms with Gasteiger partial charge in [0.05, 0.1) is 21.2 Å². The molecular formula is C14H13BrN4S. The summed E-state index contributed by atoms with van der Waals surface area (Å²) in [6.07, 6.45) is 3.24. The number of rotatable bonds is 4. The van der Waals surface area contributed by atoms with E-state index in [2.05, 4.69) is 56.5 Å². The van der Waals surface area contributed by atoms with Gasteiger partial charge in [-0.15, -0.1) is 11.3 Å². The molecule has 0 saturated carbocycles. The Hall–Kier alpha value is -1.66. The quantitative estimate of drug-likeness (QED) is 0.765. The molecule has 1 N–H and O–H groups in total. The van der Waals surface area contributed by atoms with Gasteiger partial charge in [0.1, 0.15) is 12.7 Å². The van der Waals surface area contributed by atoms with Crippen LogP contribution in [0.3, 0.4) is 0 Å². The smallest absolute Gasteiger partial charge is 0.138 e. The lowest BCUT2D eigenvalue weighted by molar-refractivity contribution is 0.860. The van der Waals surface area contributed by atoms with E-state index >= 15 is 0 Å².